The van der Waals surface area contributed by atoms with Gasteiger partial charge in [0, 0.05) is 19.6 Å². The number of rotatable bonds is 5. The molecule has 3 heterocycles. The molecule has 2 aliphatic rings. The molecule has 0 aromatic carbocycles. The Balaban J connectivity index is 1.53. The number of carbonyl (C=O) groups excluding carboxylic acids is 2. The van der Waals surface area contributed by atoms with E-state index in [1.807, 2.05) is 6.92 Å². The zero-order chi connectivity index (χ0) is 19.5. The molecular formula is C20H25N5O2S. The number of thiophene rings is 1. The molecule has 0 radical (unpaired) electrons. The molecule has 0 atom stereocenters. The van der Waals surface area contributed by atoms with Crippen molar-refractivity contribution in [1.82, 2.24) is 20.2 Å². The Morgan fingerprint density at radius 2 is 2.25 bits per heavy atom. The predicted molar refractivity (Wildman–Crippen MR) is 111 cm³/mol. The number of aryl methyl sites for hydroxylation is 1. The van der Waals surface area contributed by atoms with Gasteiger partial charge in [0.15, 0.2) is 0 Å². The van der Waals surface area contributed by atoms with Crippen LogP contribution in [0.25, 0.3) is 10.2 Å². The van der Waals surface area contributed by atoms with Gasteiger partial charge in [-0.15, -0.1) is 11.3 Å². The van der Waals surface area contributed by atoms with Crippen molar-refractivity contribution in [1.29, 1.82) is 0 Å². The number of hydrogen-bond acceptors (Lipinski definition) is 6. The molecule has 8 heteroatoms. The predicted octanol–water partition coefficient (Wildman–Crippen LogP) is 2.87. The van der Waals surface area contributed by atoms with Gasteiger partial charge in [0.05, 0.1) is 16.8 Å². The van der Waals surface area contributed by atoms with E-state index < -0.39 is 0 Å². The van der Waals surface area contributed by atoms with Crippen LogP contribution < -0.4 is 10.6 Å². The highest BCUT2D eigenvalue weighted by Gasteiger charge is 2.26. The summed E-state index contributed by atoms with van der Waals surface area (Å²) in [6.07, 6.45) is 9.89. The Kier molecular flexibility index (Phi) is 5.57. The van der Waals surface area contributed by atoms with Crippen LogP contribution in [-0.2, 0) is 4.79 Å². The SMILES string of the molecule is Cc1c(C(=O)N2CCNC(=O)C2)sc2ncnc(NCCC3=CCCCC3)c12. The third-order valence-electron chi connectivity index (χ3n) is 5.37. The summed E-state index contributed by atoms with van der Waals surface area (Å²) in [5.74, 6) is 0.566. The molecule has 1 aliphatic heterocycles. The maximum Gasteiger partial charge on any atom is 0.264 e. The van der Waals surface area contributed by atoms with Crippen molar-refractivity contribution < 1.29 is 9.59 Å². The molecule has 28 heavy (non-hydrogen) atoms. The maximum atomic E-state index is 12.9. The summed E-state index contributed by atoms with van der Waals surface area (Å²) in [6, 6.07) is 0. The smallest absolute Gasteiger partial charge is 0.264 e. The zero-order valence-electron chi connectivity index (χ0n) is 16.1. The average Bonchev–Trinajstić information content (AvgIpc) is 3.06. The molecule has 4 rings (SSSR count). The van der Waals surface area contributed by atoms with Gasteiger partial charge in [-0.3, -0.25) is 9.59 Å². The lowest BCUT2D eigenvalue weighted by Crippen LogP contribution is -2.49. The van der Waals surface area contributed by atoms with E-state index in [1.54, 1.807) is 11.2 Å². The van der Waals surface area contributed by atoms with Gasteiger partial charge in [-0.2, -0.15) is 0 Å². The molecule has 2 aromatic heterocycles. The van der Waals surface area contributed by atoms with E-state index >= 15 is 0 Å². The number of carbonyl (C=O) groups is 2. The van der Waals surface area contributed by atoms with Gasteiger partial charge in [0.1, 0.15) is 17.0 Å². The lowest BCUT2D eigenvalue weighted by Gasteiger charge is -2.26. The number of aromatic nitrogens is 2. The van der Waals surface area contributed by atoms with Crippen molar-refractivity contribution in [2.45, 2.75) is 39.0 Å². The van der Waals surface area contributed by atoms with E-state index in [9.17, 15) is 9.59 Å². The minimum absolute atomic E-state index is 0.103. The molecule has 7 nitrogen and oxygen atoms in total. The van der Waals surface area contributed by atoms with Crippen LogP contribution in [0.3, 0.4) is 0 Å². The number of nitrogens with zero attached hydrogens (tertiary/aromatic N) is 3. The highest BCUT2D eigenvalue weighted by molar-refractivity contribution is 7.20. The number of nitrogens with one attached hydrogen (secondary N) is 2. The lowest BCUT2D eigenvalue weighted by atomic mass is 9.97. The quantitative estimate of drug-likeness (QED) is 0.755. The number of hydrogen-bond donors (Lipinski definition) is 2. The lowest BCUT2D eigenvalue weighted by molar-refractivity contribution is -0.123. The van der Waals surface area contributed by atoms with Crippen molar-refractivity contribution in [3.63, 3.8) is 0 Å². The van der Waals surface area contributed by atoms with Gasteiger partial charge in [0.2, 0.25) is 5.91 Å². The number of amides is 2. The largest absolute Gasteiger partial charge is 0.369 e. The van der Waals surface area contributed by atoms with Crippen molar-refractivity contribution >= 4 is 39.2 Å². The van der Waals surface area contributed by atoms with Crippen LogP contribution in [0.4, 0.5) is 5.82 Å². The van der Waals surface area contributed by atoms with Gasteiger partial charge < -0.3 is 15.5 Å². The maximum absolute atomic E-state index is 12.9. The molecule has 1 saturated heterocycles. The minimum Gasteiger partial charge on any atom is -0.369 e. The van der Waals surface area contributed by atoms with Crippen LogP contribution in [-0.4, -0.2) is 52.9 Å². The van der Waals surface area contributed by atoms with Gasteiger partial charge in [-0.1, -0.05) is 11.6 Å². The normalized spacial score (nSPS) is 17.4. The summed E-state index contributed by atoms with van der Waals surface area (Å²) < 4.78 is 0. The summed E-state index contributed by atoms with van der Waals surface area (Å²) in [4.78, 5) is 36.4. The first-order chi connectivity index (χ1) is 13.6. The number of allylic oxidation sites excluding steroid dienone is 1. The second-order valence-electron chi connectivity index (χ2n) is 7.32. The molecule has 0 spiro atoms. The van der Waals surface area contributed by atoms with Crippen molar-refractivity contribution in [2.24, 2.45) is 0 Å². The highest BCUT2D eigenvalue weighted by Crippen LogP contribution is 2.34. The first-order valence-corrected chi connectivity index (χ1v) is 10.7. The summed E-state index contributed by atoms with van der Waals surface area (Å²) in [5, 5.41) is 7.10. The van der Waals surface area contributed by atoms with Crippen LogP contribution >= 0.6 is 11.3 Å². The van der Waals surface area contributed by atoms with Crippen molar-refractivity contribution in [3.05, 3.63) is 28.4 Å². The monoisotopic (exact) mass is 399 g/mol. The molecule has 2 N–H and O–H groups in total. The van der Waals surface area contributed by atoms with Gasteiger partial charge in [0.25, 0.3) is 5.91 Å². The molecule has 0 unspecified atom stereocenters. The zero-order valence-corrected chi connectivity index (χ0v) is 16.9. The summed E-state index contributed by atoms with van der Waals surface area (Å²) >= 11 is 1.38. The minimum atomic E-state index is -0.113. The van der Waals surface area contributed by atoms with E-state index in [-0.39, 0.29) is 18.4 Å². The van der Waals surface area contributed by atoms with Crippen molar-refractivity contribution in [3.8, 4) is 0 Å². The fraction of sp³-hybridized carbons (Fsp3) is 0.500. The van der Waals surface area contributed by atoms with E-state index in [0.717, 1.165) is 34.6 Å². The van der Waals surface area contributed by atoms with E-state index in [0.29, 0.717) is 18.0 Å². The third-order valence-corrected chi connectivity index (χ3v) is 6.56. The summed E-state index contributed by atoms with van der Waals surface area (Å²) in [7, 11) is 0. The molecule has 1 fully saturated rings. The van der Waals surface area contributed by atoms with Crippen LogP contribution in [0, 0.1) is 6.92 Å². The number of anilines is 1. The van der Waals surface area contributed by atoms with Crippen LogP contribution in [0.2, 0.25) is 0 Å². The Hall–Kier alpha value is -2.48. The van der Waals surface area contributed by atoms with Gasteiger partial charge in [-0.25, -0.2) is 9.97 Å². The van der Waals surface area contributed by atoms with Crippen molar-refractivity contribution in [2.75, 3.05) is 31.5 Å². The Labute approximate surface area is 168 Å². The first kappa shape index (κ1) is 18.9. The molecule has 1 aliphatic carbocycles. The van der Waals surface area contributed by atoms with E-state index in [1.165, 1.54) is 42.6 Å². The van der Waals surface area contributed by atoms with E-state index in [4.69, 9.17) is 0 Å². The molecule has 2 aromatic rings. The summed E-state index contributed by atoms with van der Waals surface area (Å²) in [5.41, 5.74) is 2.40. The Bertz CT molecular complexity index is 936. The van der Waals surface area contributed by atoms with Gasteiger partial charge >= 0.3 is 0 Å². The Morgan fingerprint density at radius 1 is 1.36 bits per heavy atom. The fourth-order valence-electron chi connectivity index (χ4n) is 3.84. The van der Waals surface area contributed by atoms with Crippen LogP contribution in [0.1, 0.15) is 47.3 Å². The second kappa shape index (κ2) is 8.26. The average molecular weight is 400 g/mol. The summed E-state index contributed by atoms with van der Waals surface area (Å²) in [6.45, 7) is 3.90. The van der Waals surface area contributed by atoms with Crippen LogP contribution in [0.5, 0.6) is 0 Å². The Morgan fingerprint density at radius 3 is 3.04 bits per heavy atom. The van der Waals surface area contributed by atoms with E-state index in [2.05, 4.69) is 26.7 Å². The molecular weight excluding hydrogens is 374 g/mol. The number of piperazine rings is 1. The fourth-order valence-corrected chi connectivity index (χ4v) is 4.95. The topological polar surface area (TPSA) is 87.2 Å². The van der Waals surface area contributed by atoms with Crippen LogP contribution in [0.15, 0.2) is 18.0 Å². The van der Waals surface area contributed by atoms with Gasteiger partial charge in [-0.05, 0) is 44.6 Å². The standard InChI is InChI=1S/C20H25N5O2S/c1-13-16-18(22-8-7-14-5-3-2-4-6-14)23-12-24-19(16)28-17(13)20(27)25-10-9-21-15(26)11-25/h5,12H,2-4,6-11H2,1H3,(H,21,26)(H,22,23,24). The molecule has 2 amide bonds. The second-order valence-corrected chi connectivity index (χ2v) is 8.32. The highest BCUT2D eigenvalue weighted by atomic mass is 32.1. The molecule has 148 valence electrons. The third kappa shape index (κ3) is 3.87. The first-order valence-electron chi connectivity index (χ1n) is 9.85. The number of fused-ring (bicyclic) bond motifs is 1. The molecule has 0 saturated carbocycles. The molecule has 0 bridgehead atoms.